The highest BCUT2D eigenvalue weighted by molar-refractivity contribution is 6.18. The molecule has 1 heterocycles. The molecule has 1 aliphatic rings. The van der Waals surface area contributed by atoms with E-state index in [4.69, 9.17) is 16.9 Å². The van der Waals surface area contributed by atoms with Crippen LogP contribution in [0.5, 0.6) is 0 Å². The fraction of sp³-hybridized carbons (Fsp3) is 0.333. The van der Waals surface area contributed by atoms with Crippen LogP contribution < -0.4 is 4.90 Å². The normalized spacial score (nSPS) is 19.1. The van der Waals surface area contributed by atoms with Crippen molar-refractivity contribution < 1.29 is 13.6 Å². The Morgan fingerprint density at radius 3 is 2.72 bits per heavy atom. The maximum atomic E-state index is 13.7. The van der Waals surface area contributed by atoms with Gasteiger partial charge in [-0.05, 0) is 12.0 Å². The third-order valence-corrected chi connectivity index (χ3v) is 3.31. The van der Waals surface area contributed by atoms with E-state index >= 15 is 0 Å². The van der Waals surface area contributed by atoms with Crippen LogP contribution in [0.1, 0.15) is 12.0 Å². The van der Waals surface area contributed by atoms with Crippen LogP contribution in [0, 0.1) is 28.9 Å². The van der Waals surface area contributed by atoms with Gasteiger partial charge < -0.3 is 4.90 Å². The number of amides is 1. The number of halogens is 3. The molecule has 0 aliphatic carbocycles. The number of rotatable bonds is 2. The SMILES string of the molecule is N#Cc1cc(F)c(N2CC(CCl)CC2=O)cc1F. The van der Waals surface area contributed by atoms with Gasteiger partial charge in [-0.1, -0.05) is 0 Å². The summed E-state index contributed by atoms with van der Waals surface area (Å²) < 4.78 is 27.2. The highest BCUT2D eigenvalue weighted by atomic mass is 35.5. The summed E-state index contributed by atoms with van der Waals surface area (Å²) in [6.07, 6.45) is 0.227. The molecule has 6 heteroatoms. The van der Waals surface area contributed by atoms with Gasteiger partial charge in [0, 0.05) is 24.9 Å². The molecule has 1 aromatic carbocycles. The zero-order chi connectivity index (χ0) is 13.3. The summed E-state index contributed by atoms with van der Waals surface area (Å²) in [5.74, 6) is -1.67. The predicted molar refractivity (Wildman–Crippen MR) is 62.3 cm³/mol. The van der Waals surface area contributed by atoms with E-state index in [1.807, 2.05) is 0 Å². The van der Waals surface area contributed by atoms with Crippen molar-refractivity contribution in [2.24, 2.45) is 5.92 Å². The minimum absolute atomic E-state index is 0.0581. The van der Waals surface area contributed by atoms with Crippen molar-refractivity contribution in [3.05, 3.63) is 29.3 Å². The Kier molecular flexibility index (Phi) is 3.48. The minimum Gasteiger partial charge on any atom is -0.309 e. The molecule has 94 valence electrons. The highest BCUT2D eigenvalue weighted by Gasteiger charge is 2.32. The number of nitrogens with zero attached hydrogens (tertiary/aromatic N) is 2. The number of alkyl halides is 1. The highest BCUT2D eigenvalue weighted by Crippen LogP contribution is 2.29. The average Bonchev–Trinajstić information content (AvgIpc) is 2.73. The largest absolute Gasteiger partial charge is 0.309 e. The molecule has 1 aliphatic heterocycles. The van der Waals surface area contributed by atoms with Gasteiger partial charge in [-0.3, -0.25) is 4.79 Å². The number of hydrogen-bond donors (Lipinski definition) is 0. The molecule has 3 nitrogen and oxygen atoms in total. The van der Waals surface area contributed by atoms with E-state index in [2.05, 4.69) is 0 Å². The molecule has 1 saturated heterocycles. The smallest absolute Gasteiger partial charge is 0.227 e. The van der Waals surface area contributed by atoms with E-state index in [0.717, 1.165) is 12.1 Å². The van der Waals surface area contributed by atoms with Crippen LogP contribution in [-0.2, 0) is 4.79 Å². The standard InChI is InChI=1S/C12H9ClF2N2O/c13-4-7-1-12(18)17(6-7)11-3-9(14)8(5-16)2-10(11)15/h2-3,7H,1,4,6H2. The van der Waals surface area contributed by atoms with Crippen LogP contribution in [0.2, 0.25) is 0 Å². The fourth-order valence-electron chi connectivity index (χ4n) is 1.95. The van der Waals surface area contributed by atoms with Gasteiger partial charge in [0.15, 0.2) is 0 Å². The molecule has 0 N–H and O–H groups in total. The quantitative estimate of drug-likeness (QED) is 0.775. The Hall–Kier alpha value is -1.67. The van der Waals surface area contributed by atoms with Gasteiger partial charge in [-0.2, -0.15) is 5.26 Å². The summed E-state index contributed by atoms with van der Waals surface area (Å²) >= 11 is 5.65. The molecular weight excluding hydrogens is 262 g/mol. The first-order valence-corrected chi connectivity index (χ1v) is 5.85. The van der Waals surface area contributed by atoms with Gasteiger partial charge in [0.1, 0.15) is 17.7 Å². The molecule has 0 radical (unpaired) electrons. The number of carbonyl (C=O) groups excluding carboxylic acids is 1. The summed E-state index contributed by atoms with van der Waals surface area (Å²) in [6, 6.07) is 3.22. The van der Waals surface area contributed by atoms with Crippen molar-refractivity contribution >= 4 is 23.2 Å². The topological polar surface area (TPSA) is 44.1 Å². The molecule has 1 aromatic rings. The third-order valence-electron chi connectivity index (χ3n) is 2.87. The summed E-state index contributed by atoms with van der Waals surface area (Å²) in [4.78, 5) is 12.8. The van der Waals surface area contributed by atoms with Crippen molar-refractivity contribution in [1.29, 1.82) is 5.26 Å². The first-order chi connectivity index (χ1) is 8.56. The fourth-order valence-corrected chi connectivity index (χ4v) is 2.15. The maximum absolute atomic E-state index is 13.7. The van der Waals surface area contributed by atoms with E-state index in [1.165, 1.54) is 4.90 Å². The van der Waals surface area contributed by atoms with Gasteiger partial charge in [0.05, 0.1) is 11.3 Å². The van der Waals surface area contributed by atoms with E-state index in [-0.39, 0.29) is 36.0 Å². The van der Waals surface area contributed by atoms with Crippen molar-refractivity contribution in [3.63, 3.8) is 0 Å². The van der Waals surface area contributed by atoms with Gasteiger partial charge in [0.2, 0.25) is 5.91 Å². The van der Waals surface area contributed by atoms with Crippen LogP contribution in [0.25, 0.3) is 0 Å². The van der Waals surface area contributed by atoms with E-state index in [1.54, 1.807) is 6.07 Å². The van der Waals surface area contributed by atoms with Gasteiger partial charge in [-0.25, -0.2) is 8.78 Å². The molecule has 0 aromatic heterocycles. The van der Waals surface area contributed by atoms with E-state index in [0.29, 0.717) is 5.88 Å². The van der Waals surface area contributed by atoms with Gasteiger partial charge in [-0.15, -0.1) is 11.6 Å². The molecule has 1 fully saturated rings. The maximum Gasteiger partial charge on any atom is 0.227 e. The zero-order valence-corrected chi connectivity index (χ0v) is 10.0. The second kappa shape index (κ2) is 4.91. The molecule has 1 unspecified atom stereocenters. The molecule has 0 spiro atoms. The van der Waals surface area contributed by atoms with Gasteiger partial charge >= 0.3 is 0 Å². The van der Waals surface area contributed by atoms with Crippen LogP contribution in [-0.4, -0.2) is 18.3 Å². The minimum atomic E-state index is -0.837. The first kappa shape index (κ1) is 12.8. The van der Waals surface area contributed by atoms with Crippen LogP contribution in [0.15, 0.2) is 12.1 Å². The Balaban J connectivity index is 2.38. The summed E-state index contributed by atoms with van der Waals surface area (Å²) in [7, 11) is 0. The lowest BCUT2D eigenvalue weighted by molar-refractivity contribution is -0.117. The molecule has 0 saturated carbocycles. The monoisotopic (exact) mass is 270 g/mol. The number of benzene rings is 1. The Bertz CT molecular complexity index is 542. The Morgan fingerprint density at radius 1 is 1.44 bits per heavy atom. The van der Waals surface area contributed by atoms with E-state index in [9.17, 15) is 13.6 Å². The Labute approximate surface area is 108 Å². The summed E-state index contributed by atoms with van der Waals surface area (Å²) in [5, 5.41) is 8.58. The first-order valence-electron chi connectivity index (χ1n) is 5.32. The van der Waals surface area contributed by atoms with Crippen molar-refractivity contribution in [2.75, 3.05) is 17.3 Å². The molecular formula is C12H9ClF2N2O. The number of nitriles is 1. The lowest BCUT2D eigenvalue weighted by atomic mass is 10.1. The predicted octanol–water partition coefficient (Wildman–Crippen LogP) is 2.43. The molecule has 0 bridgehead atoms. The van der Waals surface area contributed by atoms with E-state index < -0.39 is 11.6 Å². The Morgan fingerprint density at radius 2 is 2.17 bits per heavy atom. The lowest BCUT2D eigenvalue weighted by Crippen LogP contribution is -2.26. The van der Waals surface area contributed by atoms with Crippen molar-refractivity contribution in [3.8, 4) is 6.07 Å². The second-order valence-corrected chi connectivity index (χ2v) is 4.43. The van der Waals surface area contributed by atoms with Crippen LogP contribution in [0.3, 0.4) is 0 Å². The number of anilines is 1. The average molecular weight is 271 g/mol. The molecule has 2 rings (SSSR count). The lowest BCUT2D eigenvalue weighted by Gasteiger charge is -2.17. The number of hydrogen-bond acceptors (Lipinski definition) is 2. The molecule has 18 heavy (non-hydrogen) atoms. The zero-order valence-electron chi connectivity index (χ0n) is 9.29. The second-order valence-electron chi connectivity index (χ2n) is 4.12. The molecule has 1 atom stereocenters. The summed E-state index contributed by atoms with van der Waals surface area (Å²) in [6.45, 7) is 0.268. The molecule has 1 amide bonds. The van der Waals surface area contributed by atoms with Crippen molar-refractivity contribution in [1.82, 2.24) is 0 Å². The van der Waals surface area contributed by atoms with Crippen LogP contribution in [0.4, 0.5) is 14.5 Å². The van der Waals surface area contributed by atoms with Crippen LogP contribution >= 0.6 is 11.6 Å². The number of carbonyl (C=O) groups is 1. The summed E-state index contributed by atoms with van der Waals surface area (Å²) in [5.41, 5.74) is -0.513. The third kappa shape index (κ3) is 2.16. The van der Waals surface area contributed by atoms with Gasteiger partial charge in [0.25, 0.3) is 0 Å². The van der Waals surface area contributed by atoms with Crippen molar-refractivity contribution in [2.45, 2.75) is 6.42 Å².